The van der Waals surface area contributed by atoms with E-state index in [1.54, 1.807) is 11.2 Å². The van der Waals surface area contributed by atoms with Crippen molar-refractivity contribution in [2.75, 3.05) is 44.8 Å². The molecule has 3 unspecified atom stereocenters. The van der Waals surface area contributed by atoms with Crippen LogP contribution in [-0.2, 0) is 22.2 Å². The molecule has 1 aliphatic rings. The predicted molar refractivity (Wildman–Crippen MR) is 128 cm³/mol. The second-order valence-corrected chi connectivity index (χ2v) is 9.35. The van der Waals surface area contributed by atoms with Gasteiger partial charge in [0.15, 0.2) is 6.10 Å². The lowest BCUT2D eigenvalue weighted by Crippen LogP contribution is -2.45. The summed E-state index contributed by atoms with van der Waals surface area (Å²) in [6, 6.07) is 15.5. The summed E-state index contributed by atoms with van der Waals surface area (Å²) in [4.78, 5) is 17.3. The fourth-order valence-corrected chi connectivity index (χ4v) is 4.49. The van der Waals surface area contributed by atoms with Crippen LogP contribution in [0.4, 0.5) is 5.69 Å². The van der Waals surface area contributed by atoms with E-state index in [-0.39, 0.29) is 18.6 Å². The van der Waals surface area contributed by atoms with Gasteiger partial charge in [0.2, 0.25) is 0 Å². The number of nitrogens with zero attached hydrogens (tertiary/aromatic N) is 2. The van der Waals surface area contributed by atoms with Crippen LogP contribution in [0.15, 0.2) is 48.5 Å². The fraction of sp³-hybridized carbons (Fsp3) is 0.458. The molecular formula is C24H33N3O4S. The fourth-order valence-electron chi connectivity index (χ4n) is 4.03. The monoisotopic (exact) mass is 459 g/mol. The normalized spacial score (nSPS) is 17.2. The summed E-state index contributed by atoms with van der Waals surface area (Å²) in [5.41, 5.74) is 2.86. The average Bonchev–Trinajstić information content (AvgIpc) is 2.80. The number of aliphatic hydroxyl groups excluding tert-OH is 1. The molecule has 2 aromatic rings. The number of hydrogen-bond acceptors (Lipinski definition) is 5. The van der Waals surface area contributed by atoms with Crippen LogP contribution in [0.25, 0.3) is 0 Å². The van der Waals surface area contributed by atoms with E-state index in [1.807, 2.05) is 62.6 Å². The molecule has 1 amide bonds. The maximum atomic E-state index is 13.4. The van der Waals surface area contributed by atoms with E-state index in [4.69, 9.17) is 9.84 Å². The molecule has 1 aliphatic heterocycles. The molecule has 0 fully saturated rings. The van der Waals surface area contributed by atoms with E-state index in [0.717, 1.165) is 29.8 Å². The molecule has 0 spiro atoms. The molecule has 8 heteroatoms. The molecule has 2 N–H and O–H groups in total. The second kappa shape index (κ2) is 11.4. The number of aryl methyl sites for hydroxylation is 1. The highest BCUT2D eigenvalue weighted by Gasteiger charge is 2.32. The van der Waals surface area contributed by atoms with Crippen LogP contribution in [0.3, 0.4) is 0 Å². The number of carbonyl (C=O) groups excluding carboxylic acids is 1. The van der Waals surface area contributed by atoms with Crippen molar-refractivity contribution in [3.05, 3.63) is 59.7 Å². The maximum Gasteiger partial charge on any atom is 0.263 e. The number of carbonyl (C=O) groups is 1. The van der Waals surface area contributed by atoms with E-state index in [9.17, 15) is 9.00 Å². The first kappa shape index (κ1) is 24.2. The van der Waals surface area contributed by atoms with Crippen molar-refractivity contribution in [1.82, 2.24) is 9.80 Å². The smallest absolute Gasteiger partial charge is 0.263 e. The van der Waals surface area contributed by atoms with Gasteiger partial charge in [-0.3, -0.25) is 4.79 Å². The molecule has 2 aromatic carbocycles. The molecule has 0 saturated carbocycles. The minimum Gasteiger partial charge on any atom is -0.480 e. The molecule has 32 heavy (non-hydrogen) atoms. The van der Waals surface area contributed by atoms with Gasteiger partial charge in [-0.15, -0.1) is 0 Å². The third-order valence-electron chi connectivity index (χ3n) is 5.72. The number of rotatable bonds is 10. The van der Waals surface area contributed by atoms with Crippen LogP contribution in [0.5, 0.6) is 5.75 Å². The van der Waals surface area contributed by atoms with E-state index in [2.05, 4.69) is 9.62 Å². The third kappa shape index (κ3) is 6.31. The molecular weight excluding hydrogens is 426 g/mol. The summed E-state index contributed by atoms with van der Waals surface area (Å²) in [5, 5.41) is 9.15. The largest absolute Gasteiger partial charge is 0.480 e. The topological polar surface area (TPSA) is 82.1 Å². The van der Waals surface area contributed by atoms with Gasteiger partial charge in [0.1, 0.15) is 16.7 Å². The number of hydrogen-bond donors (Lipinski definition) is 2. The summed E-state index contributed by atoms with van der Waals surface area (Å²) >= 11 is 0. The Bertz CT molecular complexity index is 925. The van der Waals surface area contributed by atoms with Crippen LogP contribution >= 0.6 is 0 Å². The zero-order chi connectivity index (χ0) is 23.1. The minimum absolute atomic E-state index is 0.0445. The third-order valence-corrected chi connectivity index (χ3v) is 6.25. The van der Waals surface area contributed by atoms with Crippen LogP contribution in [0, 0.1) is 0 Å². The standard InChI is InChI=1S/C24H33N3O4S/c1-26(14-7-15-28)17-21(18-8-5-4-6-9-18)27(2)24(29)23-12-10-19-16-20(25-32(3)30)11-13-22(19)31-23/h4-6,8-9,11,13,16,21,23,25,28H,7,10,12,14-15,17H2,1-3H3. The Kier molecular flexibility index (Phi) is 8.67. The maximum absolute atomic E-state index is 13.4. The van der Waals surface area contributed by atoms with Crippen molar-refractivity contribution >= 4 is 22.6 Å². The molecule has 0 aromatic heterocycles. The number of benzene rings is 2. The number of ether oxygens (including phenoxy) is 1. The first-order chi connectivity index (χ1) is 15.4. The Morgan fingerprint density at radius 1 is 1.25 bits per heavy atom. The Morgan fingerprint density at radius 2 is 2.00 bits per heavy atom. The highest BCUT2D eigenvalue weighted by atomic mass is 32.2. The molecule has 174 valence electrons. The molecule has 0 bridgehead atoms. The lowest BCUT2D eigenvalue weighted by molar-refractivity contribution is -0.140. The van der Waals surface area contributed by atoms with Crippen molar-refractivity contribution in [1.29, 1.82) is 0 Å². The first-order valence-corrected chi connectivity index (χ1v) is 12.5. The number of aliphatic hydroxyl groups is 1. The molecule has 3 rings (SSSR count). The lowest BCUT2D eigenvalue weighted by Gasteiger charge is -2.35. The predicted octanol–water partition coefficient (Wildman–Crippen LogP) is 2.60. The minimum atomic E-state index is -1.14. The van der Waals surface area contributed by atoms with E-state index >= 15 is 0 Å². The quantitative estimate of drug-likeness (QED) is 0.571. The second-order valence-electron chi connectivity index (χ2n) is 8.24. The summed E-state index contributed by atoms with van der Waals surface area (Å²) in [6.07, 6.45) is 3.06. The first-order valence-electron chi connectivity index (χ1n) is 10.9. The Balaban J connectivity index is 1.73. The van der Waals surface area contributed by atoms with Crippen molar-refractivity contribution < 1.29 is 18.8 Å². The number of likely N-dealkylation sites (N-methyl/N-ethyl adjacent to an activating group) is 2. The summed E-state index contributed by atoms with van der Waals surface area (Å²) in [5.74, 6) is 0.656. The van der Waals surface area contributed by atoms with Gasteiger partial charge in [0, 0.05) is 38.7 Å². The summed E-state index contributed by atoms with van der Waals surface area (Å²) in [6.45, 7) is 1.57. The van der Waals surface area contributed by atoms with Gasteiger partial charge < -0.3 is 24.4 Å². The van der Waals surface area contributed by atoms with Gasteiger partial charge in [-0.2, -0.15) is 0 Å². The van der Waals surface area contributed by atoms with E-state index in [0.29, 0.717) is 25.1 Å². The molecule has 7 nitrogen and oxygen atoms in total. The Hall–Kier alpha value is -2.42. The number of fused-ring (bicyclic) bond motifs is 1. The van der Waals surface area contributed by atoms with Gasteiger partial charge in [-0.1, -0.05) is 30.3 Å². The zero-order valence-corrected chi connectivity index (χ0v) is 19.8. The van der Waals surface area contributed by atoms with Crippen molar-refractivity contribution in [3.63, 3.8) is 0 Å². The van der Waals surface area contributed by atoms with E-state index in [1.165, 1.54) is 0 Å². The van der Waals surface area contributed by atoms with Gasteiger partial charge in [-0.25, -0.2) is 4.21 Å². The lowest BCUT2D eigenvalue weighted by atomic mass is 9.99. The van der Waals surface area contributed by atoms with Gasteiger partial charge in [-0.05, 0) is 55.6 Å². The number of anilines is 1. The van der Waals surface area contributed by atoms with Crippen LogP contribution in [0.2, 0.25) is 0 Å². The SMILES string of the molecule is CN(CCCO)CC(c1ccccc1)N(C)C(=O)C1CCc2cc(NS(C)=O)ccc2O1. The zero-order valence-electron chi connectivity index (χ0n) is 19.0. The average molecular weight is 460 g/mol. The van der Waals surface area contributed by atoms with Crippen LogP contribution in [-0.4, -0.2) is 71.2 Å². The molecule has 0 aliphatic carbocycles. The Morgan fingerprint density at radius 3 is 2.69 bits per heavy atom. The van der Waals surface area contributed by atoms with Crippen molar-refractivity contribution in [2.45, 2.75) is 31.4 Å². The van der Waals surface area contributed by atoms with Crippen LogP contribution in [0.1, 0.15) is 30.0 Å². The van der Waals surface area contributed by atoms with Crippen molar-refractivity contribution in [2.24, 2.45) is 0 Å². The van der Waals surface area contributed by atoms with Gasteiger partial charge >= 0.3 is 0 Å². The molecule has 1 heterocycles. The van der Waals surface area contributed by atoms with Crippen molar-refractivity contribution in [3.8, 4) is 5.75 Å². The molecule has 0 saturated heterocycles. The summed E-state index contributed by atoms with van der Waals surface area (Å²) < 4.78 is 20.4. The van der Waals surface area contributed by atoms with Crippen LogP contribution < -0.4 is 9.46 Å². The molecule has 3 atom stereocenters. The Labute approximate surface area is 193 Å². The number of amides is 1. The highest BCUT2D eigenvalue weighted by molar-refractivity contribution is 7.85. The van der Waals surface area contributed by atoms with E-state index < -0.39 is 17.1 Å². The summed E-state index contributed by atoms with van der Waals surface area (Å²) in [7, 11) is 2.70. The van der Waals surface area contributed by atoms with Gasteiger partial charge in [0.25, 0.3) is 5.91 Å². The number of nitrogens with one attached hydrogen (secondary N) is 1. The van der Waals surface area contributed by atoms with Gasteiger partial charge in [0.05, 0.1) is 6.04 Å². The highest BCUT2D eigenvalue weighted by Crippen LogP contribution is 2.32. The molecule has 0 radical (unpaired) electrons.